The van der Waals surface area contributed by atoms with Crippen LogP contribution in [0.3, 0.4) is 0 Å². The van der Waals surface area contributed by atoms with Crippen LogP contribution in [0.4, 0.5) is 0 Å². The summed E-state index contributed by atoms with van der Waals surface area (Å²) in [5, 5.41) is 10.3. The normalized spacial score (nSPS) is 13.8. The zero-order valence-corrected chi connectivity index (χ0v) is 23.6. The molecule has 0 fully saturated rings. The maximum absolute atomic E-state index is 13.6. The average Bonchev–Trinajstić information content (AvgIpc) is 3.31. The molecule has 0 aliphatic carbocycles. The van der Waals surface area contributed by atoms with E-state index in [1.165, 1.54) is 0 Å². The van der Waals surface area contributed by atoms with E-state index < -0.39 is 17.7 Å². The maximum Gasteiger partial charge on any atom is 0.337 e. The predicted molar refractivity (Wildman–Crippen MR) is 149 cm³/mol. The number of aliphatic carboxylic acids is 1. The number of carboxylic acid groups (broad SMARTS) is 1. The average molecular weight is 516 g/mol. The van der Waals surface area contributed by atoms with E-state index in [1.807, 2.05) is 89.8 Å². The number of hydrogen-bond acceptors (Lipinski definition) is 4. The van der Waals surface area contributed by atoms with Gasteiger partial charge in [-0.2, -0.15) is 0 Å². The molecule has 0 spiro atoms. The number of amides is 1. The van der Waals surface area contributed by atoms with Crippen molar-refractivity contribution in [2.24, 2.45) is 0 Å². The van der Waals surface area contributed by atoms with Gasteiger partial charge in [-0.15, -0.1) is 0 Å². The molecule has 4 rings (SSSR count). The third-order valence-electron chi connectivity index (χ3n) is 7.26. The van der Waals surface area contributed by atoms with E-state index in [4.69, 9.17) is 9.47 Å². The summed E-state index contributed by atoms with van der Waals surface area (Å²) in [5.41, 5.74) is 8.32. The number of nitrogens with zero attached hydrogens (tertiary/aromatic N) is 1. The Morgan fingerprint density at radius 1 is 0.921 bits per heavy atom. The number of hydrogen-bond donors (Lipinski definition) is 1. The fourth-order valence-corrected chi connectivity index (χ4v) is 5.31. The Kier molecular flexibility index (Phi) is 7.39. The molecule has 0 unspecified atom stereocenters. The van der Waals surface area contributed by atoms with Crippen molar-refractivity contribution in [3.05, 3.63) is 87.0 Å². The van der Waals surface area contributed by atoms with Crippen LogP contribution in [0, 0.1) is 27.7 Å². The van der Waals surface area contributed by atoms with E-state index in [0.717, 1.165) is 44.5 Å². The van der Waals surface area contributed by atoms with Gasteiger partial charge in [-0.1, -0.05) is 35.9 Å². The van der Waals surface area contributed by atoms with Crippen LogP contribution in [-0.4, -0.2) is 34.6 Å². The summed E-state index contributed by atoms with van der Waals surface area (Å²) >= 11 is 0. The molecule has 1 aliphatic rings. The standard InChI is InChI=1S/C32H37NO5/c1-18-9-12-22(13-10-18)27-20(3)24-16-33(30(34)23-14-11-19(2)26(15-23)37-8)17-25(24)21(4)28(27)29(31(35)36)38-32(5,6)7/h9-15,29H,16-17H2,1-8H3,(H,35,36)/t29-/m0/s1. The van der Waals surface area contributed by atoms with Gasteiger partial charge < -0.3 is 19.5 Å². The number of carbonyl (C=O) groups is 2. The first-order chi connectivity index (χ1) is 17.8. The van der Waals surface area contributed by atoms with Crippen molar-refractivity contribution in [1.82, 2.24) is 4.90 Å². The molecule has 1 N–H and O–H groups in total. The molecule has 1 amide bonds. The molecule has 6 nitrogen and oxygen atoms in total. The highest BCUT2D eigenvalue weighted by Crippen LogP contribution is 2.44. The van der Waals surface area contributed by atoms with Crippen LogP contribution < -0.4 is 4.74 Å². The van der Waals surface area contributed by atoms with Gasteiger partial charge in [0.2, 0.25) is 0 Å². The summed E-state index contributed by atoms with van der Waals surface area (Å²) in [6.45, 7) is 14.4. The van der Waals surface area contributed by atoms with Crippen molar-refractivity contribution in [3.8, 4) is 16.9 Å². The summed E-state index contributed by atoms with van der Waals surface area (Å²) in [4.78, 5) is 28.0. The minimum atomic E-state index is -1.15. The van der Waals surface area contributed by atoms with Gasteiger partial charge in [0, 0.05) is 24.2 Å². The minimum absolute atomic E-state index is 0.0857. The first-order valence-corrected chi connectivity index (χ1v) is 12.9. The molecule has 1 heterocycles. The summed E-state index contributed by atoms with van der Waals surface area (Å²) in [6, 6.07) is 13.6. The Morgan fingerprint density at radius 3 is 2.08 bits per heavy atom. The highest BCUT2D eigenvalue weighted by atomic mass is 16.5. The summed E-state index contributed by atoms with van der Waals surface area (Å²) < 4.78 is 11.6. The van der Waals surface area contributed by atoms with E-state index in [-0.39, 0.29) is 5.91 Å². The monoisotopic (exact) mass is 515 g/mol. The lowest BCUT2D eigenvalue weighted by molar-refractivity contribution is -0.160. The molecule has 1 aliphatic heterocycles. The highest BCUT2D eigenvalue weighted by molar-refractivity contribution is 5.95. The van der Waals surface area contributed by atoms with Gasteiger partial charge in [0.1, 0.15) is 5.75 Å². The number of rotatable bonds is 6. The first kappa shape index (κ1) is 27.4. The minimum Gasteiger partial charge on any atom is -0.496 e. The van der Waals surface area contributed by atoms with E-state index in [2.05, 4.69) is 0 Å². The largest absolute Gasteiger partial charge is 0.496 e. The predicted octanol–water partition coefficient (Wildman–Crippen LogP) is 6.69. The molecule has 3 aromatic rings. The number of benzene rings is 3. The Balaban J connectivity index is 1.87. The van der Waals surface area contributed by atoms with Crippen molar-refractivity contribution in [1.29, 1.82) is 0 Å². The van der Waals surface area contributed by atoms with Gasteiger partial charge >= 0.3 is 5.97 Å². The molecule has 0 aromatic heterocycles. The first-order valence-electron chi connectivity index (χ1n) is 12.9. The van der Waals surface area contributed by atoms with Crippen molar-refractivity contribution < 1.29 is 24.2 Å². The molecule has 1 atom stereocenters. The van der Waals surface area contributed by atoms with Gasteiger partial charge in [0.15, 0.2) is 6.10 Å². The van der Waals surface area contributed by atoms with E-state index in [0.29, 0.717) is 30.0 Å². The van der Waals surface area contributed by atoms with Crippen LogP contribution in [-0.2, 0) is 22.6 Å². The zero-order chi connectivity index (χ0) is 27.9. The molecular weight excluding hydrogens is 478 g/mol. The Hall–Kier alpha value is -3.64. The number of fused-ring (bicyclic) bond motifs is 1. The Bertz CT molecular complexity index is 1400. The van der Waals surface area contributed by atoms with Crippen LogP contribution in [0.25, 0.3) is 11.1 Å². The van der Waals surface area contributed by atoms with Gasteiger partial charge in [-0.3, -0.25) is 4.79 Å². The number of carboxylic acids is 1. The number of carbonyl (C=O) groups excluding carboxylic acids is 1. The van der Waals surface area contributed by atoms with Crippen molar-refractivity contribution >= 4 is 11.9 Å². The second-order valence-corrected chi connectivity index (χ2v) is 11.2. The van der Waals surface area contributed by atoms with E-state index in [9.17, 15) is 14.7 Å². The number of ether oxygens (including phenoxy) is 2. The number of methoxy groups -OCH3 is 1. The number of aryl methyl sites for hydroxylation is 2. The molecular formula is C32H37NO5. The van der Waals surface area contributed by atoms with Crippen LogP contribution >= 0.6 is 0 Å². The topological polar surface area (TPSA) is 76.1 Å². The molecule has 200 valence electrons. The van der Waals surface area contributed by atoms with Crippen LogP contribution in [0.2, 0.25) is 0 Å². The lowest BCUT2D eigenvalue weighted by atomic mass is 9.83. The van der Waals surface area contributed by atoms with Crippen molar-refractivity contribution in [2.45, 2.75) is 73.3 Å². The van der Waals surface area contributed by atoms with Gasteiger partial charge in [0.05, 0.1) is 12.7 Å². The van der Waals surface area contributed by atoms with Crippen LogP contribution in [0.5, 0.6) is 5.75 Å². The highest BCUT2D eigenvalue weighted by Gasteiger charge is 2.36. The molecule has 0 radical (unpaired) electrons. The second-order valence-electron chi connectivity index (χ2n) is 11.2. The van der Waals surface area contributed by atoms with Crippen LogP contribution in [0.1, 0.15) is 76.2 Å². The van der Waals surface area contributed by atoms with Crippen molar-refractivity contribution in [3.63, 3.8) is 0 Å². The van der Waals surface area contributed by atoms with Gasteiger partial charge in [0.25, 0.3) is 5.91 Å². The lowest BCUT2D eigenvalue weighted by Gasteiger charge is -2.29. The zero-order valence-electron chi connectivity index (χ0n) is 23.6. The third-order valence-corrected chi connectivity index (χ3v) is 7.26. The Morgan fingerprint density at radius 2 is 1.53 bits per heavy atom. The van der Waals surface area contributed by atoms with E-state index in [1.54, 1.807) is 13.2 Å². The fourth-order valence-electron chi connectivity index (χ4n) is 5.31. The third kappa shape index (κ3) is 5.18. The van der Waals surface area contributed by atoms with Crippen molar-refractivity contribution in [2.75, 3.05) is 7.11 Å². The smallest absolute Gasteiger partial charge is 0.337 e. The lowest BCUT2D eigenvalue weighted by Crippen LogP contribution is -2.28. The summed E-state index contributed by atoms with van der Waals surface area (Å²) in [7, 11) is 1.60. The molecule has 0 saturated heterocycles. The van der Waals surface area contributed by atoms with E-state index >= 15 is 0 Å². The summed E-state index contributed by atoms with van der Waals surface area (Å²) in [5.74, 6) is -0.446. The van der Waals surface area contributed by atoms with Gasteiger partial charge in [-0.05, 0) is 99.5 Å². The molecule has 6 heteroatoms. The maximum atomic E-state index is 13.6. The molecule has 3 aromatic carbocycles. The molecule has 0 saturated carbocycles. The van der Waals surface area contributed by atoms with Gasteiger partial charge in [-0.25, -0.2) is 4.79 Å². The second kappa shape index (κ2) is 10.3. The fraction of sp³-hybridized carbons (Fsp3) is 0.375. The molecule has 0 bridgehead atoms. The SMILES string of the molecule is COc1cc(C(=O)N2Cc3c(C)c(-c4ccc(C)cc4)c([C@H](OC(C)(C)C)C(=O)O)c(C)c3C2)ccc1C. The quantitative estimate of drug-likeness (QED) is 0.396. The Labute approximate surface area is 225 Å². The summed E-state index contributed by atoms with van der Waals surface area (Å²) in [6.07, 6.45) is -1.15. The van der Waals surface area contributed by atoms with Crippen LogP contribution in [0.15, 0.2) is 42.5 Å². The molecule has 38 heavy (non-hydrogen) atoms.